The Balaban J connectivity index is 2.08. The number of sulfone groups is 1. The van der Waals surface area contributed by atoms with Gasteiger partial charge in [-0.15, -0.1) is 0 Å². The number of aliphatic hydroxyl groups excluding tert-OH is 5. The number of nitrogens with one attached hydrogen (secondary N) is 1. The minimum absolute atomic E-state index is 0.00465. The van der Waals surface area contributed by atoms with Crippen molar-refractivity contribution < 1.29 is 38.7 Å². The highest BCUT2D eigenvalue weighted by Crippen LogP contribution is 2.38. The van der Waals surface area contributed by atoms with Gasteiger partial charge in [0, 0.05) is 18.2 Å². The predicted octanol–water partition coefficient (Wildman–Crippen LogP) is 0.173. The van der Waals surface area contributed by atoms with Crippen LogP contribution in [-0.2, 0) is 14.6 Å². The van der Waals surface area contributed by atoms with Gasteiger partial charge < -0.3 is 35.6 Å². The Bertz CT molecular complexity index is 677. The number of ether oxygens (including phenoxy) is 1. The summed E-state index contributed by atoms with van der Waals surface area (Å²) < 4.78 is 28.6. The molecule has 10 heteroatoms. The van der Waals surface area contributed by atoms with Gasteiger partial charge in [0.25, 0.3) is 0 Å². The second-order valence-corrected chi connectivity index (χ2v) is 12.6. The number of aliphatic hydroxyl groups is 5. The molecule has 0 aromatic carbocycles. The quantitative estimate of drug-likeness (QED) is 0.293. The molecular weight excluding hydrogens is 450 g/mol. The molecule has 33 heavy (non-hydrogen) atoms. The Hall–Kier alpha value is -0.330. The summed E-state index contributed by atoms with van der Waals surface area (Å²) in [6.07, 6.45) is -0.257. The largest absolute Gasteiger partial charge is 0.393 e. The molecule has 1 heterocycles. The zero-order valence-electron chi connectivity index (χ0n) is 20.2. The van der Waals surface area contributed by atoms with Crippen molar-refractivity contribution in [3.63, 3.8) is 0 Å². The molecule has 9 nitrogen and oxygen atoms in total. The van der Waals surface area contributed by atoms with E-state index in [2.05, 4.69) is 5.32 Å². The smallest absolute Gasteiger partial charge is 0.160 e. The fourth-order valence-electron chi connectivity index (χ4n) is 5.22. The first-order chi connectivity index (χ1) is 15.4. The lowest BCUT2D eigenvalue weighted by Crippen LogP contribution is -2.50. The molecule has 0 aromatic heterocycles. The van der Waals surface area contributed by atoms with Gasteiger partial charge in [-0.05, 0) is 70.3 Å². The molecule has 2 aliphatic rings. The zero-order valence-corrected chi connectivity index (χ0v) is 21.0. The van der Waals surface area contributed by atoms with E-state index in [1.54, 1.807) is 0 Å². The van der Waals surface area contributed by atoms with Gasteiger partial charge in [-0.25, -0.2) is 8.42 Å². The standard InChI is InChI=1S/C23H45NO8S/c1-14-8-9-19(26)22(28)18(25)7-4-6-16-12-17(24-10-5-11-33(3,30)31)13-20(27)21(16)23(29)32-15(14)2/h14-29H,4-13H2,1-3H3/t14-,15?,16?,17?,18+,19?,20-,21?,22+,23?/m1/s1. The number of hydrogen-bond donors (Lipinski definition) is 6. The van der Waals surface area contributed by atoms with Crippen LogP contribution in [0.4, 0.5) is 0 Å². The van der Waals surface area contributed by atoms with E-state index in [0.717, 1.165) is 0 Å². The van der Waals surface area contributed by atoms with Gasteiger partial charge in [0.2, 0.25) is 0 Å². The van der Waals surface area contributed by atoms with Crippen molar-refractivity contribution in [1.29, 1.82) is 0 Å². The fraction of sp³-hybridized carbons (Fsp3) is 1.00. The van der Waals surface area contributed by atoms with E-state index >= 15 is 0 Å². The Morgan fingerprint density at radius 3 is 2.24 bits per heavy atom. The third-order valence-corrected chi connectivity index (χ3v) is 8.52. The molecule has 0 amide bonds. The maximum Gasteiger partial charge on any atom is 0.160 e. The summed E-state index contributed by atoms with van der Waals surface area (Å²) in [7, 11) is -3.02. The van der Waals surface area contributed by atoms with Crippen molar-refractivity contribution in [3.8, 4) is 0 Å². The molecule has 6 unspecified atom stereocenters. The molecule has 10 atom stereocenters. The van der Waals surface area contributed by atoms with Crippen LogP contribution in [-0.4, -0.2) is 95.4 Å². The van der Waals surface area contributed by atoms with Crippen LogP contribution < -0.4 is 5.32 Å². The summed E-state index contributed by atoms with van der Waals surface area (Å²) in [4.78, 5) is 0. The van der Waals surface area contributed by atoms with Crippen molar-refractivity contribution in [2.75, 3.05) is 18.6 Å². The molecule has 1 saturated carbocycles. The average Bonchev–Trinajstić information content (AvgIpc) is 2.72. The average molecular weight is 496 g/mol. The van der Waals surface area contributed by atoms with Gasteiger partial charge in [-0.1, -0.05) is 13.3 Å². The summed E-state index contributed by atoms with van der Waals surface area (Å²) in [5.74, 6) is -0.430. The molecule has 0 radical (unpaired) electrons. The lowest BCUT2D eigenvalue weighted by atomic mass is 9.72. The van der Waals surface area contributed by atoms with Crippen molar-refractivity contribution in [2.24, 2.45) is 17.8 Å². The topological polar surface area (TPSA) is 157 Å². The first kappa shape index (κ1) is 28.9. The maximum atomic E-state index is 11.3. The third-order valence-electron chi connectivity index (χ3n) is 7.49. The second-order valence-electron chi connectivity index (χ2n) is 10.4. The van der Waals surface area contributed by atoms with Gasteiger partial charge in [-0.2, -0.15) is 0 Å². The van der Waals surface area contributed by atoms with Crippen molar-refractivity contribution in [2.45, 2.75) is 108 Å². The predicted molar refractivity (Wildman–Crippen MR) is 125 cm³/mol. The van der Waals surface area contributed by atoms with Gasteiger partial charge in [0.15, 0.2) is 6.29 Å². The summed E-state index contributed by atoms with van der Waals surface area (Å²) in [6, 6.07) is -0.0134. The molecule has 2 fully saturated rings. The number of fused-ring (bicyclic) bond motifs is 1. The monoisotopic (exact) mass is 495 g/mol. The molecular formula is C23H45NO8S. The van der Waals surface area contributed by atoms with Crippen molar-refractivity contribution in [3.05, 3.63) is 0 Å². The fourth-order valence-corrected chi connectivity index (χ4v) is 5.89. The van der Waals surface area contributed by atoms with E-state index in [0.29, 0.717) is 57.9 Å². The molecule has 196 valence electrons. The van der Waals surface area contributed by atoms with Crippen LogP contribution >= 0.6 is 0 Å². The van der Waals surface area contributed by atoms with Gasteiger partial charge in [-0.3, -0.25) is 0 Å². The Morgan fingerprint density at radius 1 is 0.909 bits per heavy atom. The van der Waals surface area contributed by atoms with E-state index < -0.39 is 46.5 Å². The maximum absolute atomic E-state index is 11.3. The molecule has 1 aliphatic carbocycles. The Morgan fingerprint density at radius 2 is 1.58 bits per heavy atom. The van der Waals surface area contributed by atoms with Crippen LogP contribution in [0.1, 0.15) is 65.2 Å². The second kappa shape index (κ2) is 13.1. The number of rotatable bonds is 5. The molecule has 0 spiro atoms. The minimum Gasteiger partial charge on any atom is -0.393 e. The normalized spacial score (nSPS) is 42.3. The molecule has 0 aromatic rings. The lowest BCUT2D eigenvalue weighted by molar-refractivity contribution is -0.211. The van der Waals surface area contributed by atoms with Crippen LogP contribution in [0.2, 0.25) is 0 Å². The van der Waals surface area contributed by atoms with Crippen LogP contribution in [0, 0.1) is 17.8 Å². The van der Waals surface area contributed by atoms with E-state index in [9.17, 15) is 34.0 Å². The van der Waals surface area contributed by atoms with Crippen LogP contribution in [0.5, 0.6) is 0 Å². The minimum atomic E-state index is -3.02. The Kier molecular flexibility index (Phi) is 11.5. The van der Waals surface area contributed by atoms with Gasteiger partial charge in [0.05, 0.1) is 30.2 Å². The van der Waals surface area contributed by atoms with E-state index in [4.69, 9.17) is 4.74 Å². The van der Waals surface area contributed by atoms with Crippen LogP contribution in [0.25, 0.3) is 0 Å². The first-order valence-corrected chi connectivity index (χ1v) is 14.4. The summed E-state index contributed by atoms with van der Waals surface area (Å²) >= 11 is 0. The summed E-state index contributed by atoms with van der Waals surface area (Å²) in [6.45, 7) is 4.33. The summed E-state index contributed by atoms with van der Waals surface area (Å²) in [5, 5.41) is 56.0. The van der Waals surface area contributed by atoms with E-state index in [1.807, 2.05) is 13.8 Å². The molecule has 2 rings (SSSR count). The SMILES string of the molecule is CC1OC(O)C2C(CCC[C@H](O)[C@H](O)C(O)CC[C@H]1C)CC(NCCCS(C)(=O)=O)C[C@H]2O. The Labute approximate surface area is 198 Å². The van der Waals surface area contributed by atoms with Gasteiger partial charge in [0.1, 0.15) is 15.9 Å². The highest BCUT2D eigenvalue weighted by atomic mass is 32.2. The van der Waals surface area contributed by atoms with E-state index in [1.165, 1.54) is 6.26 Å². The third kappa shape index (κ3) is 9.33. The highest BCUT2D eigenvalue weighted by Gasteiger charge is 2.42. The van der Waals surface area contributed by atoms with Crippen LogP contribution in [0.3, 0.4) is 0 Å². The first-order valence-electron chi connectivity index (χ1n) is 12.4. The number of hydrogen-bond acceptors (Lipinski definition) is 9. The lowest BCUT2D eigenvalue weighted by Gasteiger charge is -2.43. The summed E-state index contributed by atoms with van der Waals surface area (Å²) in [5.41, 5.74) is 0. The molecule has 0 bridgehead atoms. The molecule has 1 aliphatic heterocycles. The van der Waals surface area contributed by atoms with Crippen molar-refractivity contribution in [1.82, 2.24) is 5.32 Å². The van der Waals surface area contributed by atoms with Crippen LogP contribution in [0.15, 0.2) is 0 Å². The van der Waals surface area contributed by atoms with Gasteiger partial charge >= 0.3 is 0 Å². The molecule has 1 saturated heterocycles. The molecule has 6 N–H and O–H groups in total. The zero-order chi connectivity index (χ0) is 24.8. The van der Waals surface area contributed by atoms with Crippen molar-refractivity contribution >= 4 is 9.84 Å². The highest BCUT2D eigenvalue weighted by molar-refractivity contribution is 7.90. The van der Waals surface area contributed by atoms with E-state index in [-0.39, 0.29) is 29.7 Å².